The van der Waals surface area contributed by atoms with Gasteiger partial charge in [0.2, 0.25) is 0 Å². The third-order valence-corrected chi connectivity index (χ3v) is 4.86. The molecule has 138 valence electrons. The van der Waals surface area contributed by atoms with E-state index in [9.17, 15) is 9.18 Å². The third kappa shape index (κ3) is 4.61. The normalized spacial score (nSPS) is 15.1. The fraction of sp³-hybridized carbons (Fsp3) is 0.381. The van der Waals surface area contributed by atoms with Crippen LogP contribution >= 0.6 is 0 Å². The number of aryl methyl sites for hydroxylation is 1. The predicted octanol–water partition coefficient (Wildman–Crippen LogP) is 3.22. The maximum absolute atomic E-state index is 13.8. The fourth-order valence-electron chi connectivity index (χ4n) is 3.28. The maximum Gasteiger partial charge on any atom is 0.256 e. The summed E-state index contributed by atoms with van der Waals surface area (Å²) < 4.78 is 19.0. The van der Waals surface area contributed by atoms with Crippen LogP contribution < -0.4 is 4.74 Å². The first-order chi connectivity index (χ1) is 12.7. The summed E-state index contributed by atoms with van der Waals surface area (Å²) in [7, 11) is 1.67. The SMILES string of the molecule is COc1ccc(CCCN2CCN(C(=O)c3ccccc3F)CC2)cc1. The molecule has 0 aromatic heterocycles. The molecule has 0 unspecified atom stereocenters. The number of carbonyl (C=O) groups excluding carboxylic acids is 1. The van der Waals surface area contributed by atoms with Crippen LogP contribution in [0.3, 0.4) is 0 Å². The van der Waals surface area contributed by atoms with Crippen LogP contribution in [0.5, 0.6) is 5.75 Å². The van der Waals surface area contributed by atoms with Crippen molar-refractivity contribution in [1.29, 1.82) is 0 Å². The quantitative estimate of drug-likeness (QED) is 0.797. The number of hydrogen-bond donors (Lipinski definition) is 0. The molecule has 3 rings (SSSR count). The summed E-state index contributed by atoms with van der Waals surface area (Å²) in [4.78, 5) is 16.6. The lowest BCUT2D eigenvalue weighted by molar-refractivity contribution is 0.0631. The Morgan fingerprint density at radius 3 is 2.38 bits per heavy atom. The van der Waals surface area contributed by atoms with E-state index in [1.165, 1.54) is 11.6 Å². The molecule has 1 aliphatic rings. The Morgan fingerprint density at radius 1 is 1.04 bits per heavy atom. The lowest BCUT2D eigenvalue weighted by Gasteiger charge is -2.34. The van der Waals surface area contributed by atoms with Gasteiger partial charge in [-0.3, -0.25) is 9.69 Å². The fourth-order valence-corrected chi connectivity index (χ4v) is 3.28. The number of methoxy groups -OCH3 is 1. The summed E-state index contributed by atoms with van der Waals surface area (Å²) in [5, 5.41) is 0. The molecular formula is C21H25FN2O2. The second-order valence-electron chi connectivity index (χ2n) is 6.57. The smallest absolute Gasteiger partial charge is 0.256 e. The first-order valence-electron chi connectivity index (χ1n) is 9.06. The van der Waals surface area contributed by atoms with E-state index >= 15 is 0 Å². The Hall–Kier alpha value is -2.40. The van der Waals surface area contributed by atoms with Gasteiger partial charge in [-0.15, -0.1) is 0 Å². The zero-order chi connectivity index (χ0) is 18.4. The number of hydrogen-bond acceptors (Lipinski definition) is 3. The number of rotatable bonds is 6. The molecule has 1 saturated heterocycles. The predicted molar refractivity (Wildman–Crippen MR) is 100 cm³/mol. The highest BCUT2D eigenvalue weighted by Gasteiger charge is 2.23. The van der Waals surface area contributed by atoms with Crippen LogP contribution in [0.2, 0.25) is 0 Å². The zero-order valence-electron chi connectivity index (χ0n) is 15.2. The van der Waals surface area contributed by atoms with Crippen LogP contribution in [0.25, 0.3) is 0 Å². The van der Waals surface area contributed by atoms with Gasteiger partial charge in [0.15, 0.2) is 0 Å². The molecule has 5 heteroatoms. The zero-order valence-corrected chi connectivity index (χ0v) is 15.2. The molecular weight excluding hydrogens is 331 g/mol. The second kappa shape index (κ2) is 8.81. The van der Waals surface area contributed by atoms with Crippen molar-refractivity contribution in [2.45, 2.75) is 12.8 Å². The van der Waals surface area contributed by atoms with E-state index in [1.54, 1.807) is 30.2 Å². The number of carbonyl (C=O) groups is 1. The number of amides is 1. The van der Waals surface area contributed by atoms with Crippen LogP contribution in [-0.4, -0.2) is 55.5 Å². The molecule has 0 radical (unpaired) electrons. The molecule has 1 aliphatic heterocycles. The van der Waals surface area contributed by atoms with Crippen molar-refractivity contribution in [2.75, 3.05) is 39.8 Å². The molecule has 4 nitrogen and oxygen atoms in total. The largest absolute Gasteiger partial charge is 0.497 e. The third-order valence-electron chi connectivity index (χ3n) is 4.86. The van der Waals surface area contributed by atoms with Gasteiger partial charge in [-0.05, 0) is 49.2 Å². The molecule has 1 heterocycles. The van der Waals surface area contributed by atoms with Gasteiger partial charge in [-0.2, -0.15) is 0 Å². The Bertz CT molecular complexity index is 725. The number of piperazine rings is 1. The first-order valence-corrected chi connectivity index (χ1v) is 9.06. The molecule has 0 aliphatic carbocycles. The summed E-state index contributed by atoms with van der Waals surface area (Å²) in [5.74, 6) is 0.227. The molecule has 2 aromatic rings. The average Bonchev–Trinajstić information content (AvgIpc) is 2.69. The second-order valence-corrected chi connectivity index (χ2v) is 6.57. The first kappa shape index (κ1) is 18.4. The molecule has 0 spiro atoms. The van der Waals surface area contributed by atoms with E-state index < -0.39 is 5.82 Å². The van der Waals surface area contributed by atoms with E-state index in [4.69, 9.17) is 4.74 Å². The van der Waals surface area contributed by atoms with Gasteiger partial charge in [0, 0.05) is 26.2 Å². The highest BCUT2D eigenvalue weighted by Crippen LogP contribution is 2.14. The summed E-state index contributed by atoms with van der Waals surface area (Å²) in [6.07, 6.45) is 2.10. The van der Waals surface area contributed by atoms with E-state index in [0.29, 0.717) is 13.1 Å². The maximum atomic E-state index is 13.8. The van der Waals surface area contributed by atoms with Crippen molar-refractivity contribution in [3.05, 3.63) is 65.5 Å². The van der Waals surface area contributed by atoms with E-state index in [1.807, 2.05) is 12.1 Å². The van der Waals surface area contributed by atoms with Crippen molar-refractivity contribution in [3.8, 4) is 5.75 Å². The number of benzene rings is 2. The summed E-state index contributed by atoms with van der Waals surface area (Å²) in [6, 6.07) is 14.4. The molecule has 0 N–H and O–H groups in total. The van der Waals surface area contributed by atoms with Crippen molar-refractivity contribution in [3.63, 3.8) is 0 Å². The van der Waals surface area contributed by atoms with E-state index in [2.05, 4.69) is 17.0 Å². The van der Waals surface area contributed by atoms with Crippen molar-refractivity contribution < 1.29 is 13.9 Å². The average molecular weight is 356 g/mol. The Balaban J connectivity index is 1.42. The molecule has 0 bridgehead atoms. The summed E-state index contributed by atoms with van der Waals surface area (Å²) in [5.41, 5.74) is 1.47. The number of nitrogens with zero attached hydrogens (tertiary/aromatic N) is 2. The van der Waals surface area contributed by atoms with Gasteiger partial charge >= 0.3 is 0 Å². The van der Waals surface area contributed by atoms with Gasteiger partial charge in [0.05, 0.1) is 12.7 Å². The summed E-state index contributed by atoms with van der Waals surface area (Å²) >= 11 is 0. The number of halogens is 1. The minimum absolute atomic E-state index is 0.167. The van der Waals surface area contributed by atoms with Crippen LogP contribution in [0.1, 0.15) is 22.3 Å². The van der Waals surface area contributed by atoms with Gasteiger partial charge < -0.3 is 9.64 Å². The van der Waals surface area contributed by atoms with Crippen molar-refractivity contribution in [1.82, 2.24) is 9.80 Å². The van der Waals surface area contributed by atoms with E-state index in [-0.39, 0.29) is 11.5 Å². The van der Waals surface area contributed by atoms with Crippen LogP contribution in [0, 0.1) is 5.82 Å². The Kier molecular flexibility index (Phi) is 6.23. The highest BCUT2D eigenvalue weighted by molar-refractivity contribution is 5.94. The van der Waals surface area contributed by atoms with Gasteiger partial charge in [0.1, 0.15) is 11.6 Å². The molecule has 0 saturated carbocycles. The summed E-state index contributed by atoms with van der Waals surface area (Å²) in [6.45, 7) is 3.98. The monoisotopic (exact) mass is 356 g/mol. The Labute approximate surface area is 154 Å². The standard InChI is InChI=1S/C21H25FN2O2/c1-26-18-10-8-17(9-11-18)5-4-12-23-13-15-24(16-14-23)21(25)19-6-2-3-7-20(19)22/h2-3,6-11H,4-5,12-16H2,1H3. The molecule has 26 heavy (non-hydrogen) atoms. The van der Waals surface area contributed by atoms with E-state index in [0.717, 1.165) is 38.2 Å². The lowest BCUT2D eigenvalue weighted by Crippen LogP contribution is -2.49. The van der Waals surface area contributed by atoms with Gasteiger partial charge in [-0.25, -0.2) is 4.39 Å². The van der Waals surface area contributed by atoms with Crippen molar-refractivity contribution in [2.24, 2.45) is 0 Å². The topological polar surface area (TPSA) is 32.8 Å². The van der Waals surface area contributed by atoms with Crippen LogP contribution in [-0.2, 0) is 6.42 Å². The van der Waals surface area contributed by atoms with Gasteiger partial charge in [-0.1, -0.05) is 24.3 Å². The van der Waals surface area contributed by atoms with Crippen LogP contribution in [0.4, 0.5) is 4.39 Å². The Morgan fingerprint density at radius 2 is 1.73 bits per heavy atom. The minimum atomic E-state index is -0.445. The lowest BCUT2D eigenvalue weighted by atomic mass is 10.1. The molecule has 2 aromatic carbocycles. The van der Waals surface area contributed by atoms with Gasteiger partial charge in [0.25, 0.3) is 5.91 Å². The molecule has 0 atom stereocenters. The molecule has 1 amide bonds. The molecule has 1 fully saturated rings. The number of ether oxygens (including phenoxy) is 1. The van der Waals surface area contributed by atoms with Crippen molar-refractivity contribution >= 4 is 5.91 Å². The highest BCUT2D eigenvalue weighted by atomic mass is 19.1. The minimum Gasteiger partial charge on any atom is -0.497 e. The van der Waals surface area contributed by atoms with Crippen LogP contribution in [0.15, 0.2) is 48.5 Å².